The molecule has 1 aromatic carbocycles. The highest BCUT2D eigenvalue weighted by molar-refractivity contribution is 5.94. The van der Waals surface area contributed by atoms with Crippen molar-refractivity contribution in [3.63, 3.8) is 0 Å². The third-order valence-corrected chi connectivity index (χ3v) is 4.97. The number of carbonyl (C=O) groups excluding carboxylic acids is 2. The molecule has 0 aliphatic carbocycles. The molecule has 0 radical (unpaired) electrons. The molecule has 2 heterocycles. The zero-order valence-electron chi connectivity index (χ0n) is 16.4. The summed E-state index contributed by atoms with van der Waals surface area (Å²) < 4.78 is 7.55. The molecule has 0 bridgehead atoms. The molecule has 2 atom stereocenters. The Morgan fingerprint density at radius 3 is 2.26 bits per heavy atom. The van der Waals surface area contributed by atoms with Gasteiger partial charge in [0, 0.05) is 37.9 Å². The molecule has 6 heteroatoms. The molecule has 6 nitrogen and oxygen atoms in total. The molecule has 27 heavy (non-hydrogen) atoms. The first kappa shape index (κ1) is 19.2. The van der Waals surface area contributed by atoms with Crippen molar-refractivity contribution in [1.82, 2.24) is 14.8 Å². The molecular weight excluding hydrogens is 342 g/mol. The Morgan fingerprint density at radius 2 is 1.70 bits per heavy atom. The van der Waals surface area contributed by atoms with Gasteiger partial charge in [0.2, 0.25) is 0 Å². The monoisotopic (exact) mass is 369 g/mol. The van der Waals surface area contributed by atoms with Gasteiger partial charge in [-0.15, -0.1) is 0 Å². The Balaban J connectivity index is 1.59. The summed E-state index contributed by atoms with van der Waals surface area (Å²) in [6.45, 7) is 7.56. The number of morpholine rings is 1. The lowest BCUT2D eigenvalue weighted by Gasteiger charge is -2.35. The van der Waals surface area contributed by atoms with Crippen molar-refractivity contribution in [2.75, 3.05) is 13.1 Å². The topological polar surface area (TPSA) is 63.6 Å². The van der Waals surface area contributed by atoms with E-state index in [2.05, 4.69) is 5.32 Å². The quantitative estimate of drug-likeness (QED) is 0.901. The van der Waals surface area contributed by atoms with Crippen LogP contribution in [0.2, 0.25) is 0 Å². The van der Waals surface area contributed by atoms with Crippen LogP contribution in [0.3, 0.4) is 0 Å². The summed E-state index contributed by atoms with van der Waals surface area (Å²) in [6, 6.07) is 11.1. The fourth-order valence-electron chi connectivity index (χ4n) is 3.41. The standard InChI is InChI=1S/C21H27N3O3/c1-14-5-10-19(23(14)4)20(25)22-11-17-6-8-18(9-7-17)21(26)24-12-15(2)27-16(3)13-24/h5-10,15-16H,11-13H2,1-4H3,(H,22,25)/t15-,16-/m0/s1. The molecule has 1 aliphatic heterocycles. The largest absolute Gasteiger partial charge is 0.372 e. The van der Waals surface area contributed by atoms with E-state index in [9.17, 15) is 9.59 Å². The Hall–Kier alpha value is -2.60. The summed E-state index contributed by atoms with van der Waals surface area (Å²) in [6.07, 6.45) is 0.0988. The number of aromatic nitrogens is 1. The average Bonchev–Trinajstić information content (AvgIpc) is 2.98. The number of hydrogen-bond acceptors (Lipinski definition) is 3. The molecule has 144 valence electrons. The molecule has 0 unspecified atom stereocenters. The van der Waals surface area contributed by atoms with Gasteiger partial charge >= 0.3 is 0 Å². The zero-order chi connectivity index (χ0) is 19.6. The highest BCUT2D eigenvalue weighted by Crippen LogP contribution is 2.15. The fourth-order valence-corrected chi connectivity index (χ4v) is 3.41. The van der Waals surface area contributed by atoms with Crippen molar-refractivity contribution in [1.29, 1.82) is 0 Å². The van der Waals surface area contributed by atoms with Gasteiger partial charge in [-0.05, 0) is 50.6 Å². The lowest BCUT2D eigenvalue weighted by atomic mass is 10.1. The molecule has 1 aliphatic rings. The zero-order valence-corrected chi connectivity index (χ0v) is 16.4. The molecule has 1 aromatic heterocycles. The van der Waals surface area contributed by atoms with Crippen LogP contribution >= 0.6 is 0 Å². The summed E-state index contributed by atoms with van der Waals surface area (Å²) in [7, 11) is 1.87. The summed E-state index contributed by atoms with van der Waals surface area (Å²) >= 11 is 0. The maximum absolute atomic E-state index is 12.7. The van der Waals surface area contributed by atoms with Gasteiger partial charge in [0.25, 0.3) is 11.8 Å². The van der Waals surface area contributed by atoms with Crippen LogP contribution in [0, 0.1) is 6.92 Å². The number of carbonyl (C=O) groups is 2. The van der Waals surface area contributed by atoms with Crippen LogP contribution in [0.4, 0.5) is 0 Å². The summed E-state index contributed by atoms with van der Waals surface area (Å²) in [5.74, 6) is -0.0890. The number of nitrogens with zero attached hydrogens (tertiary/aromatic N) is 2. The maximum atomic E-state index is 12.7. The van der Waals surface area contributed by atoms with Crippen LogP contribution in [-0.2, 0) is 18.3 Å². The summed E-state index contributed by atoms with van der Waals surface area (Å²) in [4.78, 5) is 26.8. The summed E-state index contributed by atoms with van der Waals surface area (Å²) in [5, 5.41) is 2.92. The molecule has 0 saturated carbocycles. The predicted octanol–water partition coefficient (Wildman–Crippen LogP) is 2.51. The second-order valence-electron chi connectivity index (χ2n) is 7.27. The van der Waals surface area contributed by atoms with E-state index in [1.807, 2.05) is 73.7 Å². The lowest BCUT2D eigenvalue weighted by molar-refractivity contribution is -0.0586. The third-order valence-electron chi connectivity index (χ3n) is 4.97. The third kappa shape index (κ3) is 4.39. The van der Waals surface area contributed by atoms with Crippen molar-refractivity contribution >= 4 is 11.8 Å². The molecule has 1 fully saturated rings. The first-order valence-electron chi connectivity index (χ1n) is 9.29. The number of nitrogens with one attached hydrogen (secondary N) is 1. The Kier molecular flexibility index (Phi) is 5.65. The van der Waals surface area contributed by atoms with E-state index in [4.69, 9.17) is 4.74 Å². The van der Waals surface area contributed by atoms with Crippen molar-refractivity contribution in [2.45, 2.75) is 39.5 Å². The van der Waals surface area contributed by atoms with Crippen molar-refractivity contribution < 1.29 is 14.3 Å². The van der Waals surface area contributed by atoms with Crippen molar-refractivity contribution in [3.8, 4) is 0 Å². The van der Waals surface area contributed by atoms with Gasteiger partial charge in [-0.2, -0.15) is 0 Å². The minimum Gasteiger partial charge on any atom is -0.372 e. The number of benzene rings is 1. The number of amides is 2. The van der Waals surface area contributed by atoms with Crippen molar-refractivity contribution in [3.05, 3.63) is 58.9 Å². The van der Waals surface area contributed by atoms with Crippen LogP contribution in [-0.4, -0.2) is 46.6 Å². The van der Waals surface area contributed by atoms with Gasteiger partial charge in [-0.25, -0.2) is 0 Å². The smallest absolute Gasteiger partial charge is 0.268 e. The van der Waals surface area contributed by atoms with Gasteiger partial charge in [0.15, 0.2) is 0 Å². The number of hydrogen-bond donors (Lipinski definition) is 1. The molecular formula is C21H27N3O3. The number of rotatable bonds is 4. The normalized spacial score (nSPS) is 19.8. The highest BCUT2D eigenvalue weighted by atomic mass is 16.5. The average molecular weight is 369 g/mol. The molecule has 1 N–H and O–H groups in total. The van der Waals surface area contributed by atoms with E-state index in [1.54, 1.807) is 0 Å². The van der Waals surface area contributed by atoms with Gasteiger partial charge < -0.3 is 19.5 Å². The first-order chi connectivity index (χ1) is 12.8. The summed E-state index contributed by atoms with van der Waals surface area (Å²) in [5.41, 5.74) is 3.28. The van der Waals surface area contributed by atoms with E-state index in [0.717, 1.165) is 11.3 Å². The van der Waals surface area contributed by atoms with Crippen LogP contribution in [0.25, 0.3) is 0 Å². The van der Waals surface area contributed by atoms with E-state index < -0.39 is 0 Å². The minimum atomic E-state index is -0.109. The van der Waals surface area contributed by atoms with Gasteiger partial charge in [0.05, 0.1) is 12.2 Å². The second kappa shape index (κ2) is 7.96. The van der Waals surface area contributed by atoms with E-state index in [0.29, 0.717) is 30.9 Å². The Bertz CT molecular complexity index is 816. The van der Waals surface area contributed by atoms with E-state index >= 15 is 0 Å². The van der Waals surface area contributed by atoms with Crippen LogP contribution in [0.1, 0.15) is 46.0 Å². The minimum absolute atomic E-state index is 0.0203. The molecule has 0 spiro atoms. The number of aryl methyl sites for hydroxylation is 1. The predicted molar refractivity (Wildman–Crippen MR) is 104 cm³/mol. The molecule has 1 saturated heterocycles. The lowest BCUT2D eigenvalue weighted by Crippen LogP contribution is -2.48. The van der Waals surface area contributed by atoms with Gasteiger partial charge in [0.1, 0.15) is 5.69 Å². The van der Waals surface area contributed by atoms with Gasteiger partial charge in [-0.3, -0.25) is 9.59 Å². The Morgan fingerprint density at radius 1 is 1.07 bits per heavy atom. The number of ether oxygens (including phenoxy) is 1. The highest BCUT2D eigenvalue weighted by Gasteiger charge is 2.26. The van der Waals surface area contributed by atoms with Crippen LogP contribution < -0.4 is 5.32 Å². The van der Waals surface area contributed by atoms with Crippen molar-refractivity contribution in [2.24, 2.45) is 7.05 Å². The molecule has 2 amide bonds. The van der Waals surface area contributed by atoms with E-state index in [1.165, 1.54) is 0 Å². The second-order valence-corrected chi connectivity index (χ2v) is 7.27. The Labute approximate surface area is 160 Å². The molecule has 3 rings (SSSR count). The van der Waals surface area contributed by atoms with Gasteiger partial charge in [-0.1, -0.05) is 12.1 Å². The first-order valence-corrected chi connectivity index (χ1v) is 9.29. The maximum Gasteiger partial charge on any atom is 0.268 e. The fraction of sp³-hybridized carbons (Fsp3) is 0.429. The van der Waals surface area contributed by atoms with Crippen LogP contribution in [0.15, 0.2) is 36.4 Å². The SMILES string of the molecule is Cc1ccc(C(=O)NCc2ccc(C(=O)N3C[C@H](C)O[C@@H](C)C3)cc2)n1C. The van der Waals surface area contributed by atoms with Crippen LogP contribution in [0.5, 0.6) is 0 Å². The van der Waals surface area contributed by atoms with E-state index in [-0.39, 0.29) is 24.0 Å². The molecule has 2 aromatic rings.